The Morgan fingerprint density at radius 3 is 2.34 bits per heavy atom. The van der Waals surface area contributed by atoms with Crippen LogP contribution < -0.4 is 10.0 Å². The third kappa shape index (κ3) is 4.19. The molecule has 1 fully saturated rings. The Labute approximate surface area is 168 Å². The molecular weight excluding hydrogens is 414 g/mol. The van der Waals surface area contributed by atoms with Gasteiger partial charge in [0.1, 0.15) is 4.90 Å². The maximum absolute atomic E-state index is 12.8. The fraction of sp³-hybridized carbons (Fsp3) is 0.211. The van der Waals surface area contributed by atoms with Crippen LogP contribution in [0.15, 0.2) is 65.7 Å². The number of benzene rings is 2. The second-order valence-electron chi connectivity index (χ2n) is 6.91. The Hall–Kier alpha value is -2.69. The minimum Gasteiger partial charge on any atom is -0.390 e. The minimum absolute atomic E-state index is 0.0806. The molecule has 10 heteroatoms. The van der Waals surface area contributed by atoms with Crippen LogP contribution in [0.2, 0.25) is 0 Å². The highest BCUT2D eigenvalue weighted by atomic mass is 32.2. The first-order valence-electron chi connectivity index (χ1n) is 8.85. The molecule has 1 aliphatic rings. The van der Waals surface area contributed by atoms with Crippen LogP contribution in [0.1, 0.15) is 0 Å². The van der Waals surface area contributed by atoms with E-state index >= 15 is 0 Å². The number of nitrogens with zero attached hydrogens (tertiary/aromatic N) is 1. The van der Waals surface area contributed by atoms with Gasteiger partial charge in [0.15, 0.2) is 9.84 Å². The highest BCUT2D eigenvalue weighted by Gasteiger charge is 2.36. The summed E-state index contributed by atoms with van der Waals surface area (Å²) < 4.78 is 51.4. The SMILES string of the molecule is O=S1(=O)C[C@@H](O)[C@@H](Nc2ccc(NS(=O)(=O)c3cccc4cccnc34)cc2)C1. The Morgan fingerprint density at radius 2 is 1.66 bits per heavy atom. The van der Waals surface area contributed by atoms with Gasteiger partial charge in [0.05, 0.1) is 29.2 Å². The Balaban J connectivity index is 1.52. The molecule has 0 amide bonds. The summed E-state index contributed by atoms with van der Waals surface area (Å²) in [6.45, 7) is 0. The summed E-state index contributed by atoms with van der Waals surface area (Å²) in [4.78, 5) is 4.26. The molecule has 0 radical (unpaired) electrons. The fourth-order valence-electron chi connectivity index (χ4n) is 3.32. The van der Waals surface area contributed by atoms with Gasteiger partial charge >= 0.3 is 0 Å². The summed E-state index contributed by atoms with van der Waals surface area (Å²) in [6.07, 6.45) is 0.566. The van der Waals surface area contributed by atoms with E-state index in [4.69, 9.17) is 0 Å². The maximum Gasteiger partial charge on any atom is 0.264 e. The van der Waals surface area contributed by atoms with E-state index in [0.29, 0.717) is 16.9 Å². The van der Waals surface area contributed by atoms with Gasteiger partial charge in [-0.15, -0.1) is 0 Å². The number of hydrogen-bond donors (Lipinski definition) is 3. The van der Waals surface area contributed by atoms with Crippen LogP contribution in [0.3, 0.4) is 0 Å². The topological polar surface area (TPSA) is 125 Å². The lowest BCUT2D eigenvalue weighted by Crippen LogP contribution is -2.31. The molecule has 1 aromatic heterocycles. The molecule has 0 spiro atoms. The van der Waals surface area contributed by atoms with Crippen LogP contribution in [0.25, 0.3) is 10.9 Å². The Kier molecular flexibility index (Phi) is 4.93. The van der Waals surface area contributed by atoms with Crippen molar-refractivity contribution in [3.63, 3.8) is 0 Å². The standard InChI is InChI=1S/C19H19N3O5S2/c23-17-12-28(24,25)11-16(17)21-14-6-8-15(9-7-14)22-29(26,27)18-5-1-3-13-4-2-10-20-19(13)18/h1-10,16-17,21-23H,11-12H2/t16-,17+/m0/s1. The summed E-state index contributed by atoms with van der Waals surface area (Å²) in [5, 5.41) is 13.6. The summed E-state index contributed by atoms with van der Waals surface area (Å²) in [5.74, 6) is -0.405. The number of sulfonamides is 1. The first kappa shape index (κ1) is 19.6. The summed E-state index contributed by atoms with van der Waals surface area (Å²) in [6, 6.07) is 14.3. The number of pyridine rings is 1. The highest BCUT2D eigenvalue weighted by molar-refractivity contribution is 7.93. The smallest absolute Gasteiger partial charge is 0.264 e. The maximum atomic E-state index is 12.8. The molecular formula is C19H19N3O5S2. The molecule has 4 rings (SSSR count). The largest absolute Gasteiger partial charge is 0.390 e. The predicted molar refractivity (Wildman–Crippen MR) is 111 cm³/mol. The summed E-state index contributed by atoms with van der Waals surface area (Å²) >= 11 is 0. The molecule has 1 aliphatic heterocycles. The number of nitrogens with one attached hydrogen (secondary N) is 2. The molecule has 2 aromatic carbocycles. The molecule has 8 nitrogen and oxygen atoms in total. The van der Waals surface area contributed by atoms with Crippen molar-refractivity contribution in [3.8, 4) is 0 Å². The van der Waals surface area contributed by atoms with Gasteiger partial charge in [0.2, 0.25) is 0 Å². The molecule has 0 bridgehead atoms. The zero-order valence-corrected chi connectivity index (χ0v) is 16.8. The molecule has 3 aromatic rings. The lowest BCUT2D eigenvalue weighted by Gasteiger charge is -2.17. The number of fused-ring (bicyclic) bond motifs is 1. The second kappa shape index (κ2) is 7.29. The quantitative estimate of drug-likeness (QED) is 0.558. The van der Waals surface area contributed by atoms with Gasteiger partial charge in [-0.3, -0.25) is 9.71 Å². The van der Waals surface area contributed by atoms with E-state index in [1.807, 2.05) is 0 Å². The third-order valence-electron chi connectivity index (χ3n) is 4.70. The van der Waals surface area contributed by atoms with E-state index in [2.05, 4.69) is 15.0 Å². The van der Waals surface area contributed by atoms with Crippen LogP contribution in [0, 0.1) is 0 Å². The number of sulfone groups is 1. The molecule has 0 unspecified atom stereocenters. The number of aliphatic hydroxyl groups excluding tert-OH is 1. The molecule has 152 valence electrons. The van der Waals surface area contributed by atoms with E-state index in [1.165, 1.54) is 6.07 Å². The summed E-state index contributed by atoms with van der Waals surface area (Å²) in [5.41, 5.74) is 1.32. The molecule has 0 saturated carbocycles. The van der Waals surface area contributed by atoms with Crippen molar-refractivity contribution < 1.29 is 21.9 Å². The van der Waals surface area contributed by atoms with Gasteiger partial charge < -0.3 is 10.4 Å². The van der Waals surface area contributed by atoms with Crippen molar-refractivity contribution in [1.82, 2.24) is 4.98 Å². The van der Waals surface area contributed by atoms with Crippen LogP contribution in [-0.2, 0) is 19.9 Å². The molecule has 2 heterocycles. The first-order chi connectivity index (χ1) is 13.7. The van der Waals surface area contributed by atoms with Crippen molar-refractivity contribution in [2.24, 2.45) is 0 Å². The van der Waals surface area contributed by atoms with Crippen molar-refractivity contribution >= 4 is 42.1 Å². The van der Waals surface area contributed by atoms with Gasteiger partial charge in [-0.25, -0.2) is 16.8 Å². The first-order valence-corrected chi connectivity index (χ1v) is 12.2. The summed E-state index contributed by atoms with van der Waals surface area (Å²) in [7, 11) is -7.11. The van der Waals surface area contributed by atoms with Gasteiger partial charge in [-0.1, -0.05) is 18.2 Å². The molecule has 2 atom stereocenters. The predicted octanol–water partition coefficient (Wildman–Crippen LogP) is 1.61. The number of rotatable bonds is 5. The normalized spacial score (nSPS) is 21.1. The molecule has 1 saturated heterocycles. The van der Waals surface area contributed by atoms with Crippen molar-refractivity contribution in [2.75, 3.05) is 21.5 Å². The number of aliphatic hydroxyl groups is 1. The lowest BCUT2D eigenvalue weighted by molar-refractivity contribution is 0.190. The third-order valence-corrected chi connectivity index (χ3v) is 7.83. The van der Waals surface area contributed by atoms with Crippen LogP contribution >= 0.6 is 0 Å². The van der Waals surface area contributed by atoms with E-state index in [9.17, 15) is 21.9 Å². The zero-order chi connectivity index (χ0) is 20.6. The fourth-order valence-corrected chi connectivity index (χ4v) is 6.30. The molecule has 3 N–H and O–H groups in total. The monoisotopic (exact) mass is 433 g/mol. The van der Waals surface area contributed by atoms with Crippen LogP contribution in [0.4, 0.5) is 11.4 Å². The number of para-hydroxylation sites is 1. The Morgan fingerprint density at radius 1 is 0.966 bits per heavy atom. The van der Waals surface area contributed by atoms with Gasteiger partial charge in [-0.2, -0.15) is 0 Å². The van der Waals surface area contributed by atoms with Crippen LogP contribution in [-0.4, -0.2) is 50.6 Å². The number of hydrogen-bond acceptors (Lipinski definition) is 7. The average Bonchev–Trinajstić information content (AvgIpc) is 2.94. The van der Waals surface area contributed by atoms with E-state index in [1.54, 1.807) is 54.7 Å². The molecule has 29 heavy (non-hydrogen) atoms. The van der Waals surface area contributed by atoms with Crippen LogP contribution in [0.5, 0.6) is 0 Å². The van der Waals surface area contributed by atoms with Crippen molar-refractivity contribution in [2.45, 2.75) is 17.0 Å². The second-order valence-corrected chi connectivity index (χ2v) is 10.7. The highest BCUT2D eigenvalue weighted by Crippen LogP contribution is 2.25. The van der Waals surface area contributed by atoms with Crippen molar-refractivity contribution in [1.29, 1.82) is 0 Å². The zero-order valence-electron chi connectivity index (χ0n) is 15.2. The van der Waals surface area contributed by atoms with E-state index < -0.39 is 32.0 Å². The van der Waals surface area contributed by atoms with E-state index in [0.717, 1.165) is 5.39 Å². The van der Waals surface area contributed by atoms with Crippen molar-refractivity contribution in [3.05, 3.63) is 60.8 Å². The lowest BCUT2D eigenvalue weighted by atomic mass is 10.2. The number of anilines is 2. The Bertz CT molecular complexity index is 1250. The number of aromatic nitrogens is 1. The molecule has 0 aliphatic carbocycles. The van der Waals surface area contributed by atoms with Gasteiger partial charge in [-0.05, 0) is 36.4 Å². The average molecular weight is 434 g/mol. The minimum atomic E-state index is -3.85. The van der Waals surface area contributed by atoms with Gasteiger partial charge in [0, 0.05) is 23.0 Å². The van der Waals surface area contributed by atoms with Gasteiger partial charge in [0.25, 0.3) is 10.0 Å². The van der Waals surface area contributed by atoms with E-state index in [-0.39, 0.29) is 16.4 Å².